The van der Waals surface area contributed by atoms with Crippen molar-refractivity contribution < 1.29 is 13.2 Å². The van der Waals surface area contributed by atoms with Gasteiger partial charge in [-0.2, -0.15) is 0 Å². The predicted molar refractivity (Wildman–Crippen MR) is 105 cm³/mol. The van der Waals surface area contributed by atoms with Gasteiger partial charge < -0.3 is 15.2 Å². The Bertz CT molecular complexity index is 982. The molecular weight excluding hydrogens is 364 g/mol. The number of nitrogens with zero attached hydrogens (tertiary/aromatic N) is 3. The van der Waals surface area contributed by atoms with E-state index in [1.54, 1.807) is 0 Å². The van der Waals surface area contributed by atoms with Crippen molar-refractivity contribution in [2.24, 2.45) is 5.73 Å². The van der Waals surface area contributed by atoms with E-state index in [0.29, 0.717) is 18.5 Å². The number of imidazole rings is 1. The first-order valence-electron chi connectivity index (χ1n) is 9.59. The first kappa shape index (κ1) is 18.4. The maximum Gasteiger partial charge on any atom is 0.254 e. The smallest absolute Gasteiger partial charge is 0.254 e. The molecular formula is C19H26N4O3S. The minimum atomic E-state index is -2.97. The normalized spacial score (nSPS) is 25.2. The van der Waals surface area contributed by atoms with E-state index in [4.69, 9.17) is 5.73 Å². The highest BCUT2D eigenvalue weighted by Crippen LogP contribution is 2.30. The van der Waals surface area contributed by atoms with Crippen molar-refractivity contribution in [2.75, 3.05) is 24.6 Å². The Morgan fingerprint density at radius 3 is 2.81 bits per heavy atom. The summed E-state index contributed by atoms with van der Waals surface area (Å²) in [5.41, 5.74) is 8.10. The summed E-state index contributed by atoms with van der Waals surface area (Å²) >= 11 is 0. The van der Waals surface area contributed by atoms with E-state index in [0.717, 1.165) is 42.7 Å². The highest BCUT2D eigenvalue weighted by Gasteiger charge is 2.31. The molecule has 2 aromatic rings. The maximum atomic E-state index is 13.0. The summed E-state index contributed by atoms with van der Waals surface area (Å²) < 4.78 is 25.7. The van der Waals surface area contributed by atoms with Crippen molar-refractivity contribution in [3.05, 3.63) is 29.6 Å². The second-order valence-electron chi connectivity index (χ2n) is 7.67. The van der Waals surface area contributed by atoms with Gasteiger partial charge in [-0.25, -0.2) is 13.4 Å². The zero-order chi connectivity index (χ0) is 19.2. The van der Waals surface area contributed by atoms with Crippen molar-refractivity contribution in [1.82, 2.24) is 14.5 Å². The third-order valence-electron chi connectivity index (χ3n) is 5.85. The summed E-state index contributed by atoms with van der Waals surface area (Å²) in [4.78, 5) is 19.5. The summed E-state index contributed by atoms with van der Waals surface area (Å²) in [7, 11) is -2.97. The van der Waals surface area contributed by atoms with Crippen molar-refractivity contribution >= 4 is 26.8 Å². The molecule has 2 atom stereocenters. The van der Waals surface area contributed by atoms with Gasteiger partial charge in [-0.05, 0) is 50.8 Å². The molecule has 4 rings (SSSR count). The van der Waals surface area contributed by atoms with Crippen LogP contribution in [-0.2, 0) is 9.84 Å². The zero-order valence-corrected chi connectivity index (χ0v) is 16.4. The minimum absolute atomic E-state index is 0.00250. The van der Waals surface area contributed by atoms with Crippen molar-refractivity contribution in [3.8, 4) is 0 Å². The molecule has 7 nitrogen and oxygen atoms in total. The Balaban J connectivity index is 1.66. The number of likely N-dealkylation sites (tertiary alicyclic amines) is 1. The van der Waals surface area contributed by atoms with E-state index in [1.807, 2.05) is 34.6 Å². The van der Waals surface area contributed by atoms with Crippen LogP contribution in [0.15, 0.2) is 18.2 Å². The largest absolute Gasteiger partial charge is 0.334 e. The Labute approximate surface area is 159 Å². The number of carbonyl (C=O) groups is 1. The number of amides is 1. The topological polar surface area (TPSA) is 98.3 Å². The van der Waals surface area contributed by atoms with E-state index < -0.39 is 9.84 Å². The van der Waals surface area contributed by atoms with E-state index in [1.165, 1.54) is 0 Å². The number of rotatable bonds is 3. The first-order chi connectivity index (χ1) is 12.9. The quantitative estimate of drug-likeness (QED) is 0.859. The lowest BCUT2D eigenvalue weighted by atomic mass is 10.0. The highest BCUT2D eigenvalue weighted by atomic mass is 32.2. The zero-order valence-electron chi connectivity index (χ0n) is 15.6. The van der Waals surface area contributed by atoms with E-state index in [-0.39, 0.29) is 29.5 Å². The average molecular weight is 391 g/mol. The second-order valence-corrected chi connectivity index (χ2v) is 9.90. The molecule has 2 saturated heterocycles. The lowest BCUT2D eigenvalue weighted by Gasteiger charge is -2.35. The number of hydrogen-bond acceptors (Lipinski definition) is 5. The van der Waals surface area contributed by atoms with Gasteiger partial charge in [0.05, 0.1) is 28.6 Å². The van der Waals surface area contributed by atoms with Crippen LogP contribution < -0.4 is 5.73 Å². The van der Waals surface area contributed by atoms with Crippen molar-refractivity contribution in [2.45, 2.75) is 44.7 Å². The summed E-state index contributed by atoms with van der Waals surface area (Å²) in [6.07, 6.45) is 3.68. The van der Waals surface area contributed by atoms with Crippen LogP contribution in [0.4, 0.5) is 0 Å². The van der Waals surface area contributed by atoms with E-state index in [9.17, 15) is 13.2 Å². The van der Waals surface area contributed by atoms with Gasteiger partial charge in [0.15, 0.2) is 9.84 Å². The van der Waals surface area contributed by atoms with E-state index >= 15 is 0 Å². The molecule has 0 saturated carbocycles. The Morgan fingerprint density at radius 1 is 1.30 bits per heavy atom. The number of carbonyl (C=O) groups excluding carboxylic acids is 1. The van der Waals surface area contributed by atoms with E-state index in [2.05, 4.69) is 4.98 Å². The Kier molecular flexibility index (Phi) is 4.71. The van der Waals surface area contributed by atoms with Crippen LogP contribution in [0.2, 0.25) is 0 Å². The number of benzene rings is 1. The molecule has 27 heavy (non-hydrogen) atoms. The maximum absolute atomic E-state index is 13.0. The van der Waals surface area contributed by atoms with Gasteiger partial charge in [-0.1, -0.05) is 0 Å². The third kappa shape index (κ3) is 3.36. The van der Waals surface area contributed by atoms with Crippen LogP contribution in [0.5, 0.6) is 0 Å². The van der Waals surface area contributed by atoms with Crippen LogP contribution in [-0.4, -0.2) is 59.4 Å². The van der Waals surface area contributed by atoms with Gasteiger partial charge in [0.25, 0.3) is 5.91 Å². The highest BCUT2D eigenvalue weighted by molar-refractivity contribution is 7.91. The fourth-order valence-electron chi connectivity index (χ4n) is 4.47. The van der Waals surface area contributed by atoms with Crippen molar-refractivity contribution in [1.29, 1.82) is 0 Å². The molecule has 0 bridgehead atoms. The third-order valence-corrected chi connectivity index (χ3v) is 7.60. The van der Waals surface area contributed by atoms with Gasteiger partial charge in [0, 0.05) is 24.7 Å². The van der Waals surface area contributed by atoms with Crippen LogP contribution in [0.3, 0.4) is 0 Å². The van der Waals surface area contributed by atoms with Crippen molar-refractivity contribution in [3.63, 3.8) is 0 Å². The monoisotopic (exact) mass is 390 g/mol. The van der Waals surface area contributed by atoms with Crippen LogP contribution in [0, 0.1) is 6.92 Å². The average Bonchev–Trinajstić information content (AvgIpc) is 3.18. The summed E-state index contributed by atoms with van der Waals surface area (Å²) in [6.45, 7) is 3.12. The second kappa shape index (κ2) is 6.91. The number of aromatic nitrogens is 2. The minimum Gasteiger partial charge on any atom is -0.334 e. The molecule has 1 amide bonds. The Hall–Kier alpha value is -1.93. The predicted octanol–water partition coefficient (Wildman–Crippen LogP) is 1.66. The standard InChI is InChI=1S/C19H26N4O3S/c1-13-21-17-10-14(19(24)22-8-3-2-4-15(22)11-20)5-6-18(17)23(13)16-7-9-27(25,26)12-16/h5-6,10,15-16H,2-4,7-9,11-12,20H2,1H3/t15-,16-/m1/s1. The molecule has 8 heteroatoms. The molecule has 2 fully saturated rings. The lowest BCUT2D eigenvalue weighted by molar-refractivity contribution is 0.0623. The summed E-state index contributed by atoms with van der Waals surface area (Å²) in [5.74, 6) is 1.17. The summed E-state index contributed by atoms with van der Waals surface area (Å²) in [5, 5.41) is 0. The Morgan fingerprint density at radius 2 is 2.11 bits per heavy atom. The molecule has 1 aromatic heterocycles. The molecule has 0 radical (unpaired) electrons. The SMILES string of the molecule is Cc1nc2cc(C(=O)N3CCCC[C@@H]3CN)ccc2n1[C@@H]1CCS(=O)(=O)C1. The number of nitrogens with two attached hydrogens (primary N) is 1. The molecule has 146 valence electrons. The van der Waals surface area contributed by atoms with Gasteiger partial charge in [0.1, 0.15) is 5.82 Å². The molecule has 2 N–H and O–H groups in total. The number of hydrogen-bond donors (Lipinski definition) is 1. The fourth-order valence-corrected chi connectivity index (χ4v) is 6.17. The molecule has 0 aliphatic carbocycles. The van der Waals surface area contributed by atoms with Crippen LogP contribution >= 0.6 is 0 Å². The molecule has 1 aromatic carbocycles. The molecule has 3 heterocycles. The first-order valence-corrected chi connectivity index (χ1v) is 11.4. The molecule has 0 unspecified atom stereocenters. The number of fused-ring (bicyclic) bond motifs is 1. The molecule has 2 aliphatic rings. The van der Waals surface area contributed by atoms with Gasteiger partial charge in [-0.15, -0.1) is 0 Å². The van der Waals surface area contributed by atoms with Gasteiger partial charge >= 0.3 is 0 Å². The van der Waals surface area contributed by atoms with Gasteiger partial charge in [0.2, 0.25) is 0 Å². The number of aryl methyl sites for hydroxylation is 1. The number of piperidine rings is 1. The van der Waals surface area contributed by atoms with Gasteiger partial charge in [-0.3, -0.25) is 4.79 Å². The lowest BCUT2D eigenvalue weighted by Crippen LogP contribution is -2.47. The summed E-state index contributed by atoms with van der Waals surface area (Å²) in [6, 6.07) is 5.57. The molecule has 0 spiro atoms. The van der Waals surface area contributed by atoms with Crippen LogP contribution in [0.25, 0.3) is 11.0 Å². The molecule has 2 aliphatic heterocycles. The number of sulfone groups is 1. The van der Waals surface area contributed by atoms with Crippen LogP contribution in [0.1, 0.15) is 47.9 Å². The fraction of sp³-hybridized carbons (Fsp3) is 0.579.